The molecule has 1 unspecified atom stereocenters. The van der Waals surface area contributed by atoms with Gasteiger partial charge in [0.25, 0.3) is 0 Å². The first kappa shape index (κ1) is 38.6. The summed E-state index contributed by atoms with van der Waals surface area (Å²) in [4.78, 5) is 23.3. The van der Waals surface area contributed by atoms with Crippen LogP contribution in [-0.4, -0.2) is 23.1 Å². The third-order valence-electron chi connectivity index (χ3n) is 7.00. The van der Waals surface area contributed by atoms with E-state index in [1.165, 1.54) is 51.4 Å². The molecule has 41 heavy (non-hydrogen) atoms. The highest BCUT2D eigenvalue weighted by atomic mass is 16.5. The number of esters is 1. The van der Waals surface area contributed by atoms with E-state index in [-0.39, 0.29) is 18.5 Å². The maximum Gasteiger partial charge on any atom is 0.306 e. The fourth-order valence-electron chi connectivity index (χ4n) is 4.57. The number of carbonyl (C=O) groups is 2. The first-order valence-electron chi connectivity index (χ1n) is 16.8. The van der Waals surface area contributed by atoms with E-state index in [2.05, 4.69) is 74.6 Å². The molecule has 234 valence electrons. The average Bonchev–Trinajstić information content (AvgIpc) is 2.95. The molecule has 0 aromatic heterocycles. The summed E-state index contributed by atoms with van der Waals surface area (Å²) < 4.78 is 5.82. The number of hydrogen-bond acceptors (Lipinski definition) is 3. The van der Waals surface area contributed by atoms with Crippen molar-refractivity contribution in [1.82, 2.24) is 0 Å². The summed E-state index contributed by atoms with van der Waals surface area (Å²) in [6, 6.07) is 0. The minimum absolute atomic E-state index is 0.0745. The van der Waals surface area contributed by atoms with Gasteiger partial charge in [-0.15, -0.1) is 0 Å². The van der Waals surface area contributed by atoms with Crippen molar-refractivity contribution in [3.8, 4) is 0 Å². The third-order valence-corrected chi connectivity index (χ3v) is 7.00. The molecule has 0 aliphatic heterocycles. The van der Waals surface area contributed by atoms with Crippen molar-refractivity contribution in [1.29, 1.82) is 0 Å². The van der Waals surface area contributed by atoms with Crippen LogP contribution in [0.25, 0.3) is 0 Å². The molecule has 0 rings (SSSR count). The van der Waals surface area contributed by atoms with Gasteiger partial charge in [0.15, 0.2) is 0 Å². The first-order valence-corrected chi connectivity index (χ1v) is 16.8. The van der Waals surface area contributed by atoms with Gasteiger partial charge in [0, 0.05) is 12.8 Å². The number of allylic oxidation sites excluding steroid dienone is 10. The average molecular weight is 571 g/mol. The Morgan fingerprint density at radius 1 is 0.561 bits per heavy atom. The highest BCUT2D eigenvalue weighted by Gasteiger charge is 2.14. The van der Waals surface area contributed by atoms with Crippen LogP contribution in [0.3, 0.4) is 0 Å². The lowest BCUT2D eigenvalue weighted by Crippen LogP contribution is -2.18. The minimum atomic E-state index is -0.757. The maximum atomic E-state index is 12.4. The number of carboxylic acids is 1. The van der Waals surface area contributed by atoms with E-state index in [0.717, 1.165) is 70.6 Å². The van der Waals surface area contributed by atoms with Gasteiger partial charge in [0.2, 0.25) is 0 Å². The monoisotopic (exact) mass is 570 g/mol. The second-order valence-corrected chi connectivity index (χ2v) is 11.0. The molecule has 0 saturated heterocycles. The number of carboxylic acid groups (broad SMARTS) is 1. The van der Waals surface area contributed by atoms with E-state index in [1.54, 1.807) is 0 Å². The lowest BCUT2D eigenvalue weighted by Gasteiger charge is -2.18. The number of hydrogen-bond donors (Lipinski definition) is 1. The van der Waals surface area contributed by atoms with Crippen LogP contribution in [0.2, 0.25) is 0 Å². The molecular formula is C37H62O4. The van der Waals surface area contributed by atoms with Crippen molar-refractivity contribution in [3.63, 3.8) is 0 Å². The van der Waals surface area contributed by atoms with Crippen LogP contribution >= 0.6 is 0 Å². The lowest BCUT2D eigenvalue weighted by molar-refractivity contribution is -0.150. The van der Waals surface area contributed by atoms with Crippen molar-refractivity contribution in [2.75, 3.05) is 0 Å². The second kappa shape index (κ2) is 32.2. The number of rotatable bonds is 29. The molecule has 0 aliphatic carbocycles. The summed E-state index contributed by atoms with van der Waals surface area (Å²) in [7, 11) is 0. The molecule has 0 aliphatic rings. The highest BCUT2D eigenvalue weighted by molar-refractivity contribution is 5.69. The van der Waals surface area contributed by atoms with E-state index >= 15 is 0 Å². The fourth-order valence-corrected chi connectivity index (χ4v) is 4.57. The van der Waals surface area contributed by atoms with Crippen molar-refractivity contribution < 1.29 is 19.4 Å². The summed E-state index contributed by atoms with van der Waals surface area (Å²) in [5, 5.41) is 8.89. The lowest BCUT2D eigenvalue weighted by atomic mass is 10.0. The van der Waals surface area contributed by atoms with E-state index in [1.807, 2.05) is 0 Å². The number of aliphatic carboxylic acids is 1. The predicted octanol–water partition coefficient (Wildman–Crippen LogP) is 11.4. The summed E-state index contributed by atoms with van der Waals surface area (Å²) in [5.74, 6) is -0.871. The van der Waals surface area contributed by atoms with Crippen molar-refractivity contribution >= 4 is 11.9 Å². The Kier molecular flexibility index (Phi) is 30.3. The van der Waals surface area contributed by atoms with Gasteiger partial charge in [-0.05, 0) is 77.0 Å². The van der Waals surface area contributed by atoms with Crippen LogP contribution < -0.4 is 0 Å². The molecule has 0 spiro atoms. The van der Waals surface area contributed by atoms with Crippen molar-refractivity contribution in [3.05, 3.63) is 60.8 Å². The van der Waals surface area contributed by atoms with Gasteiger partial charge in [-0.1, -0.05) is 126 Å². The standard InChI is InChI=1S/C37H62O4/c1-3-5-7-9-11-13-14-15-16-17-18-19-20-22-24-26-28-34-37(40)41-35(32-29-30-33-36(38)39)31-27-25-23-21-12-10-8-6-4-2/h5,7,11,13,15-16,18-19,22,24,35H,3-4,6,8-10,12,14,17,20-21,23,25-34H2,1-2H3,(H,38,39)/b7-5-,13-11-,16-15-,19-18-,24-22-. The number of unbranched alkanes of at least 4 members (excludes halogenated alkanes) is 10. The molecule has 0 amide bonds. The van der Waals surface area contributed by atoms with Gasteiger partial charge in [-0.3, -0.25) is 9.59 Å². The number of ether oxygens (including phenoxy) is 1. The Hall–Kier alpha value is -2.36. The summed E-state index contributed by atoms with van der Waals surface area (Å²) in [6.07, 6.45) is 43.7. The van der Waals surface area contributed by atoms with Gasteiger partial charge in [0.05, 0.1) is 0 Å². The molecule has 0 saturated carbocycles. The molecule has 1 atom stereocenters. The molecule has 1 N–H and O–H groups in total. The Labute approximate surface area is 253 Å². The van der Waals surface area contributed by atoms with E-state index < -0.39 is 5.97 Å². The fraction of sp³-hybridized carbons (Fsp3) is 0.676. The third kappa shape index (κ3) is 32.0. The Morgan fingerprint density at radius 3 is 1.54 bits per heavy atom. The smallest absolute Gasteiger partial charge is 0.306 e. The molecule has 0 fully saturated rings. The van der Waals surface area contributed by atoms with Crippen LogP contribution in [0.5, 0.6) is 0 Å². The predicted molar refractivity (Wildman–Crippen MR) is 176 cm³/mol. The molecule has 0 heterocycles. The van der Waals surface area contributed by atoms with Gasteiger partial charge in [-0.25, -0.2) is 0 Å². The molecular weight excluding hydrogens is 508 g/mol. The summed E-state index contributed by atoms with van der Waals surface area (Å²) in [6.45, 7) is 4.40. The zero-order chi connectivity index (χ0) is 30.1. The van der Waals surface area contributed by atoms with E-state index in [4.69, 9.17) is 9.84 Å². The van der Waals surface area contributed by atoms with Crippen LogP contribution in [0.4, 0.5) is 0 Å². The van der Waals surface area contributed by atoms with Crippen LogP contribution in [0, 0.1) is 0 Å². The molecule has 0 radical (unpaired) electrons. The quantitative estimate of drug-likeness (QED) is 0.0552. The normalized spacial score (nSPS) is 13.0. The van der Waals surface area contributed by atoms with Gasteiger partial charge < -0.3 is 9.84 Å². The van der Waals surface area contributed by atoms with Gasteiger partial charge >= 0.3 is 11.9 Å². The molecule has 4 nitrogen and oxygen atoms in total. The first-order chi connectivity index (χ1) is 20.1. The van der Waals surface area contributed by atoms with Gasteiger partial charge in [-0.2, -0.15) is 0 Å². The number of carbonyl (C=O) groups excluding carboxylic acids is 1. The van der Waals surface area contributed by atoms with Gasteiger partial charge in [0.1, 0.15) is 6.10 Å². The zero-order valence-electron chi connectivity index (χ0n) is 26.6. The Balaban J connectivity index is 4.06. The zero-order valence-corrected chi connectivity index (χ0v) is 26.6. The Bertz CT molecular complexity index is 744. The van der Waals surface area contributed by atoms with Crippen LogP contribution in [-0.2, 0) is 14.3 Å². The Morgan fingerprint density at radius 2 is 1.02 bits per heavy atom. The molecule has 0 aromatic rings. The maximum absolute atomic E-state index is 12.4. The molecule has 0 aromatic carbocycles. The van der Waals surface area contributed by atoms with E-state index in [0.29, 0.717) is 12.8 Å². The molecule has 0 bridgehead atoms. The summed E-state index contributed by atoms with van der Waals surface area (Å²) >= 11 is 0. The van der Waals surface area contributed by atoms with Crippen LogP contribution in [0.1, 0.15) is 155 Å². The summed E-state index contributed by atoms with van der Waals surface area (Å²) in [5.41, 5.74) is 0. The SMILES string of the molecule is CC/C=C\C/C=C\C/C=C\C/C=C\C/C=C\CCCC(=O)OC(CCCCCCCCCCC)CCCCC(=O)O. The largest absolute Gasteiger partial charge is 0.481 e. The second-order valence-electron chi connectivity index (χ2n) is 11.0. The minimum Gasteiger partial charge on any atom is -0.481 e. The van der Waals surface area contributed by atoms with Crippen LogP contribution in [0.15, 0.2) is 60.8 Å². The molecule has 4 heteroatoms. The van der Waals surface area contributed by atoms with E-state index in [9.17, 15) is 9.59 Å². The van der Waals surface area contributed by atoms with Crippen molar-refractivity contribution in [2.45, 2.75) is 161 Å². The van der Waals surface area contributed by atoms with Crippen molar-refractivity contribution in [2.24, 2.45) is 0 Å². The topological polar surface area (TPSA) is 63.6 Å². The highest BCUT2D eigenvalue weighted by Crippen LogP contribution is 2.17.